The molecule has 2 aromatic rings. The van der Waals surface area contributed by atoms with Crippen LogP contribution >= 0.6 is 11.6 Å². The molecule has 0 radical (unpaired) electrons. The van der Waals surface area contributed by atoms with Crippen molar-refractivity contribution in [1.29, 1.82) is 0 Å². The quantitative estimate of drug-likeness (QED) is 0.769. The van der Waals surface area contributed by atoms with Gasteiger partial charge in [0.2, 0.25) is 15.9 Å². The van der Waals surface area contributed by atoms with Gasteiger partial charge in [0.25, 0.3) is 0 Å². The second-order valence-electron chi connectivity index (χ2n) is 5.21. The van der Waals surface area contributed by atoms with Gasteiger partial charge in [0.05, 0.1) is 6.54 Å². The van der Waals surface area contributed by atoms with E-state index in [-0.39, 0.29) is 22.9 Å². The van der Waals surface area contributed by atoms with Crippen LogP contribution in [-0.2, 0) is 21.2 Å². The Hall–Kier alpha value is -1.90. The lowest BCUT2D eigenvalue weighted by molar-refractivity contribution is -0.119. The molecule has 0 unspecified atom stereocenters. The minimum atomic E-state index is -3.84. The minimum absolute atomic E-state index is 0.0331. The van der Waals surface area contributed by atoms with Crippen molar-refractivity contribution < 1.29 is 17.7 Å². The molecule has 130 valence electrons. The molecule has 0 aliphatic carbocycles. The van der Waals surface area contributed by atoms with Crippen LogP contribution in [0.3, 0.4) is 0 Å². The second-order valence-corrected chi connectivity index (χ2v) is 7.35. The molecule has 2 rings (SSSR count). The van der Waals surface area contributed by atoms with E-state index in [2.05, 4.69) is 15.2 Å². The summed E-state index contributed by atoms with van der Waals surface area (Å²) in [6.45, 7) is 3.05. The molecule has 0 saturated heterocycles. The van der Waals surface area contributed by atoms with Crippen LogP contribution < -0.4 is 10.0 Å². The predicted molar refractivity (Wildman–Crippen MR) is 89.3 cm³/mol. The topological polar surface area (TPSA) is 101 Å². The highest BCUT2D eigenvalue weighted by Crippen LogP contribution is 2.18. The Labute approximate surface area is 145 Å². The van der Waals surface area contributed by atoms with Gasteiger partial charge in [-0.15, -0.1) is 0 Å². The van der Waals surface area contributed by atoms with Crippen molar-refractivity contribution in [3.63, 3.8) is 0 Å². The van der Waals surface area contributed by atoms with Crippen molar-refractivity contribution in [2.45, 2.75) is 25.2 Å². The summed E-state index contributed by atoms with van der Waals surface area (Å²) in [6.07, 6.45) is 0.600. The molecule has 0 atom stereocenters. The number of nitrogens with one attached hydrogen (secondary N) is 2. The van der Waals surface area contributed by atoms with E-state index < -0.39 is 15.9 Å². The maximum absolute atomic E-state index is 12.2. The Morgan fingerprint density at radius 3 is 2.71 bits per heavy atom. The summed E-state index contributed by atoms with van der Waals surface area (Å²) < 4.78 is 31.4. The zero-order valence-electron chi connectivity index (χ0n) is 13.3. The number of carbonyl (C=O) groups excluding carboxylic acids is 1. The van der Waals surface area contributed by atoms with Gasteiger partial charge in [-0.1, -0.05) is 28.9 Å². The highest BCUT2D eigenvalue weighted by Gasteiger charge is 2.24. The minimum Gasteiger partial charge on any atom is -0.360 e. The Morgan fingerprint density at radius 1 is 1.33 bits per heavy atom. The average Bonchev–Trinajstić information content (AvgIpc) is 2.85. The molecule has 1 amide bonds. The van der Waals surface area contributed by atoms with E-state index in [0.29, 0.717) is 18.0 Å². The van der Waals surface area contributed by atoms with E-state index >= 15 is 0 Å². The van der Waals surface area contributed by atoms with Crippen LogP contribution in [0.1, 0.15) is 17.0 Å². The molecule has 1 aromatic heterocycles. The summed E-state index contributed by atoms with van der Waals surface area (Å²) in [5.41, 5.74) is 1.24. The first-order valence-electron chi connectivity index (χ1n) is 7.23. The van der Waals surface area contributed by atoms with E-state index in [1.165, 1.54) is 13.8 Å². The molecule has 0 saturated carbocycles. The van der Waals surface area contributed by atoms with E-state index in [1.807, 2.05) is 18.2 Å². The van der Waals surface area contributed by atoms with Crippen molar-refractivity contribution in [2.75, 3.05) is 13.1 Å². The zero-order chi connectivity index (χ0) is 17.7. The van der Waals surface area contributed by atoms with Crippen LogP contribution in [-0.4, -0.2) is 32.6 Å². The lowest BCUT2D eigenvalue weighted by Crippen LogP contribution is -2.37. The molecular weight excluding hydrogens is 354 g/mol. The molecule has 0 aliphatic heterocycles. The first-order chi connectivity index (χ1) is 11.3. The number of carbonyl (C=O) groups is 1. The van der Waals surface area contributed by atoms with E-state index in [1.54, 1.807) is 6.07 Å². The van der Waals surface area contributed by atoms with Crippen molar-refractivity contribution in [3.8, 4) is 0 Å². The molecule has 1 aromatic carbocycles. The van der Waals surface area contributed by atoms with Crippen LogP contribution in [0.15, 0.2) is 33.7 Å². The molecule has 0 fully saturated rings. The highest BCUT2D eigenvalue weighted by molar-refractivity contribution is 7.89. The Bertz CT molecular complexity index is 813. The lowest BCUT2D eigenvalue weighted by Gasteiger charge is -2.08. The monoisotopic (exact) mass is 371 g/mol. The van der Waals surface area contributed by atoms with Gasteiger partial charge in [-0.05, 0) is 38.0 Å². The molecular formula is C15H18ClN3O4S. The SMILES string of the molecule is Cc1noc(C)c1S(=O)(=O)NCC(=O)NCCc1cccc(Cl)c1. The third-order valence-electron chi connectivity index (χ3n) is 3.28. The number of rotatable bonds is 7. The van der Waals surface area contributed by atoms with Gasteiger partial charge >= 0.3 is 0 Å². The van der Waals surface area contributed by atoms with Crippen LogP contribution in [0.2, 0.25) is 5.02 Å². The number of hydrogen-bond donors (Lipinski definition) is 2. The number of sulfonamides is 1. The van der Waals surface area contributed by atoms with Crippen LogP contribution in [0, 0.1) is 13.8 Å². The number of aryl methyl sites for hydroxylation is 2. The smallest absolute Gasteiger partial charge is 0.246 e. The summed E-state index contributed by atoms with van der Waals surface area (Å²) in [7, 11) is -3.84. The standard InChI is InChI=1S/C15H18ClN3O4S/c1-10-15(11(2)23-19-10)24(21,22)18-9-14(20)17-7-6-12-4-3-5-13(16)8-12/h3-5,8,18H,6-7,9H2,1-2H3,(H,17,20). The number of hydrogen-bond acceptors (Lipinski definition) is 5. The summed E-state index contributed by atoms with van der Waals surface area (Å²) in [5.74, 6) is -0.242. The normalized spacial score (nSPS) is 11.5. The van der Waals surface area contributed by atoms with Crippen molar-refractivity contribution in [3.05, 3.63) is 46.3 Å². The van der Waals surface area contributed by atoms with Gasteiger partial charge < -0.3 is 9.84 Å². The fourth-order valence-electron chi connectivity index (χ4n) is 2.19. The molecule has 7 nitrogen and oxygen atoms in total. The fraction of sp³-hybridized carbons (Fsp3) is 0.333. The lowest BCUT2D eigenvalue weighted by atomic mass is 10.1. The first kappa shape index (κ1) is 18.4. The first-order valence-corrected chi connectivity index (χ1v) is 9.09. The number of benzene rings is 1. The number of nitrogens with zero attached hydrogens (tertiary/aromatic N) is 1. The van der Waals surface area contributed by atoms with E-state index in [4.69, 9.17) is 16.1 Å². The summed E-state index contributed by atoms with van der Waals surface area (Å²) in [6, 6.07) is 7.32. The van der Waals surface area contributed by atoms with Crippen LogP contribution in [0.25, 0.3) is 0 Å². The second kappa shape index (κ2) is 7.78. The van der Waals surface area contributed by atoms with Gasteiger partial charge in [-0.25, -0.2) is 13.1 Å². The molecule has 0 spiro atoms. The third-order valence-corrected chi connectivity index (χ3v) is 5.16. The molecule has 1 heterocycles. The third kappa shape index (κ3) is 4.80. The Balaban J connectivity index is 1.83. The van der Waals surface area contributed by atoms with Crippen molar-refractivity contribution in [1.82, 2.24) is 15.2 Å². The molecule has 0 bridgehead atoms. The average molecular weight is 372 g/mol. The molecule has 2 N–H and O–H groups in total. The van der Waals surface area contributed by atoms with E-state index in [0.717, 1.165) is 5.56 Å². The molecule has 0 aliphatic rings. The van der Waals surface area contributed by atoms with Crippen molar-refractivity contribution >= 4 is 27.5 Å². The predicted octanol–water partition coefficient (Wildman–Crippen LogP) is 1.58. The largest absolute Gasteiger partial charge is 0.360 e. The van der Waals surface area contributed by atoms with Gasteiger partial charge in [-0.2, -0.15) is 0 Å². The Kier molecular flexibility index (Phi) is 5.98. The van der Waals surface area contributed by atoms with Gasteiger partial charge in [0, 0.05) is 11.6 Å². The number of halogens is 1. The van der Waals surface area contributed by atoms with Gasteiger partial charge in [0.1, 0.15) is 10.6 Å². The van der Waals surface area contributed by atoms with Crippen molar-refractivity contribution in [2.24, 2.45) is 0 Å². The Morgan fingerprint density at radius 2 is 2.08 bits per heavy atom. The summed E-state index contributed by atoms with van der Waals surface area (Å²) >= 11 is 5.88. The fourth-order valence-corrected chi connectivity index (χ4v) is 3.71. The summed E-state index contributed by atoms with van der Waals surface area (Å²) in [5, 5.41) is 6.87. The number of amides is 1. The summed E-state index contributed by atoms with van der Waals surface area (Å²) in [4.78, 5) is 11.8. The maximum Gasteiger partial charge on any atom is 0.246 e. The highest BCUT2D eigenvalue weighted by atomic mass is 35.5. The van der Waals surface area contributed by atoms with Crippen LogP contribution in [0.4, 0.5) is 0 Å². The van der Waals surface area contributed by atoms with Crippen LogP contribution in [0.5, 0.6) is 0 Å². The van der Waals surface area contributed by atoms with E-state index in [9.17, 15) is 13.2 Å². The maximum atomic E-state index is 12.2. The van der Waals surface area contributed by atoms with Gasteiger partial charge in [0.15, 0.2) is 5.76 Å². The zero-order valence-corrected chi connectivity index (χ0v) is 14.9. The number of aromatic nitrogens is 1. The molecule has 24 heavy (non-hydrogen) atoms. The van der Waals surface area contributed by atoms with Gasteiger partial charge in [-0.3, -0.25) is 4.79 Å². The molecule has 9 heteroatoms.